The van der Waals surface area contributed by atoms with Gasteiger partial charge in [-0.1, -0.05) is 19.9 Å². The van der Waals surface area contributed by atoms with Crippen molar-refractivity contribution in [2.24, 2.45) is 5.92 Å². The molecule has 0 saturated heterocycles. The number of benzene rings is 1. The van der Waals surface area contributed by atoms with Crippen LogP contribution in [0.5, 0.6) is 5.75 Å². The Balaban J connectivity index is 2.07. The van der Waals surface area contributed by atoms with E-state index in [1.54, 1.807) is 13.3 Å². The number of hydrogen-bond donors (Lipinski definition) is 2. The van der Waals surface area contributed by atoms with Gasteiger partial charge in [0.25, 0.3) is 5.91 Å². The molecule has 2 aromatic rings. The van der Waals surface area contributed by atoms with Crippen LogP contribution in [0.1, 0.15) is 29.9 Å². The number of hydrogen-bond acceptors (Lipinski definition) is 5. The Morgan fingerprint density at radius 3 is 2.65 bits per heavy atom. The SMILES string of the molecule is COc1ccc(C)cc1NC(=O)c1cnc(NCC(C)C)cn1. The minimum atomic E-state index is -0.322. The molecule has 23 heavy (non-hydrogen) atoms. The summed E-state index contributed by atoms with van der Waals surface area (Å²) in [6, 6.07) is 5.59. The summed E-state index contributed by atoms with van der Waals surface area (Å²) < 4.78 is 5.25. The van der Waals surface area contributed by atoms with Gasteiger partial charge in [-0.2, -0.15) is 0 Å². The van der Waals surface area contributed by atoms with Gasteiger partial charge in [-0.05, 0) is 30.5 Å². The lowest BCUT2D eigenvalue weighted by molar-refractivity contribution is 0.102. The number of rotatable bonds is 6. The Labute approximate surface area is 136 Å². The fraction of sp³-hybridized carbons (Fsp3) is 0.353. The van der Waals surface area contributed by atoms with Crippen LogP contribution in [-0.2, 0) is 0 Å². The Morgan fingerprint density at radius 1 is 1.26 bits per heavy atom. The molecular weight excluding hydrogens is 292 g/mol. The molecule has 6 heteroatoms. The van der Waals surface area contributed by atoms with Crippen molar-refractivity contribution in [2.75, 3.05) is 24.3 Å². The molecule has 0 aliphatic rings. The Morgan fingerprint density at radius 2 is 2.04 bits per heavy atom. The molecule has 2 rings (SSSR count). The van der Waals surface area contributed by atoms with Crippen LogP contribution in [0.4, 0.5) is 11.5 Å². The fourth-order valence-electron chi connectivity index (χ4n) is 1.95. The molecule has 1 amide bonds. The van der Waals surface area contributed by atoms with Gasteiger partial charge >= 0.3 is 0 Å². The Kier molecular flexibility index (Phi) is 5.51. The van der Waals surface area contributed by atoms with Crippen LogP contribution >= 0.6 is 0 Å². The molecule has 0 saturated carbocycles. The molecule has 1 heterocycles. The van der Waals surface area contributed by atoms with E-state index in [0.717, 1.165) is 12.1 Å². The van der Waals surface area contributed by atoms with Crippen molar-refractivity contribution < 1.29 is 9.53 Å². The van der Waals surface area contributed by atoms with Crippen molar-refractivity contribution in [1.29, 1.82) is 0 Å². The van der Waals surface area contributed by atoms with E-state index >= 15 is 0 Å². The molecule has 0 aliphatic carbocycles. The van der Waals surface area contributed by atoms with Crippen molar-refractivity contribution in [3.63, 3.8) is 0 Å². The first kappa shape index (κ1) is 16.7. The molecule has 1 aromatic heterocycles. The van der Waals surface area contributed by atoms with Crippen molar-refractivity contribution in [3.05, 3.63) is 41.9 Å². The van der Waals surface area contributed by atoms with Crippen LogP contribution in [0.25, 0.3) is 0 Å². The number of anilines is 2. The minimum absolute atomic E-state index is 0.253. The van der Waals surface area contributed by atoms with Gasteiger partial charge in [0.15, 0.2) is 0 Å². The maximum absolute atomic E-state index is 12.3. The lowest BCUT2D eigenvalue weighted by Gasteiger charge is -2.11. The number of aryl methyl sites for hydroxylation is 1. The minimum Gasteiger partial charge on any atom is -0.495 e. The van der Waals surface area contributed by atoms with Crippen LogP contribution in [0.15, 0.2) is 30.6 Å². The molecule has 1 aromatic carbocycles. The molecule has 0 spiro atoms. The van der Waals surface area contributed by atoms with Crippen molar-refractivity contribution in [1.82, 2.24) is 9.97 Å². The Bertz CT molecular complexity index is 669. The number of amides is 1. The highest BCUT2D eigenvalue weighted by Crippen LogP contribution is 2.25. The largest absolute Gasteiger partial charge is 0.495 e. The van der Waals surface area contributed by atoms with Gasteiger partial charge in [0.2, 0.25) is 0 Å². The van der Waals surface area contributed by atoms with Crippen LogP contribution < -0.4 is 15.4 Å². The van der Waals surface area contributed by atoms with Crippen LogP contribution in [0.2, 0.25) is 0 Å². The standard InChI is InChI=1S/C17H22N4O2/c1-11(2)8-19-16-10-18-14(9-20-16)17(22)21-13-7-12(3)5-6-15(13)23-4/h5-7,9-11H,8H2,1-4H3,(H,19,20)(H,21,22). The van der Waals surface area contributed by atoms with Crippen LogP contribution in [0, 0.1) is 12.8 Å². The van der Waals surface area contributed by atoms with E-state index in [0.29, 0.717) is 23.2 Å². The Hall–Kier alpha value is -2.63. The topological polar surface area (TPSA) is 76.1 Å². The summed E-state index contributed by atoms with van der Waals surface area (Å²) in [5, 5.41) is 5.96. The second-order valence-corrected chi connectivity index (χ2v) is 5.72. The summed E-state index contributed by atoms with van der Waals surface area (Å²) in [5.41, 5.74) is 1.89. The number of aromatic nitrogens is 2. The molecule has 0 radical (unpaired) electrons. The molecule has 0 aliphatic heterocycles. The van der Waals surface area contributed by atoms with E-state index in [-0.39, 0.29) is 11.6 Å². The zero-order valence-electron chi connectivity index (χ0n) is 13.9. The molecule has 0 bridgehead atoms. The molecule has 2 N–H and O–H groups in total. The van der Waals surface area contributed by atoms with Gasteiger partial charge < -0.3 is 15.4 Å². The molecule has 122 valence electrons. The van der Waals surface area contributed by atoms with Crippen molar-refractivity contribution in [3.8, 4) is 5.75 Å². The van der Waals surface area contributed by atoms with Crippen LogP contribution in [0.3, 0.4) is 0 Å². The lowest BCUT2D eigenvalue weighted by atomic mass is 10.2. The summed E-state index contributed by atoms with van der Waals surface area (Å²) in [7, 11) is 1.56. The third-order valence-electron chi connectivity index (χ3n) is 3.18. The first-order valence-corrected chi connectivity index (χ1v) is 7.51. The van der Waals surface area contributed by atoms with Crippen molar-refractivity contribution >= 4 is 17.4 Å². The van der Waals surface area contributed by atoms with Gasteiger partial charge in [0, 0.05) is 6.54 Å². The zero-order valence-corrected chi connectivity index (χ0v) is 13.9. The first-order valence-electron chi connectivity index (χ1n) is 7.51. The second kappa shape index (κ2) is 7.58. The number of carbonyl (C=O) groups is 1. The summed E-state index contributed by atoms with van der Waals surface area (Å²) in [6.45, 7) is 6.97. The number of methoxy groups -OCH3 is 1. The summed E-state index contributed by atoms with van der Waals surface area (Å²) in [6.07, 6.45) is 3.02. The molecule has 0 atom stereocenters. The van der Waals surface area contributed by atoms with Gasteiger partial charge in [0.05, 0.1) is 25.2 Å². The van der Waals surface area contributed by atoms with Crippen molar-refractivity contribution in [2.45, 2.75) is 20.8 Å². The fourth-order valence-corrected chi connectivity index (χ4v) is 1.95. The molecular formula is C17H22N4O2. The maximum Gasteiger partial charge on any atom is 0.275 e. The monoisotopic (exact) mass is 314 g/mol. The third-order valence-corrected chi connectivity index (χ3v) is 3.18. The highest BCUT2D eigenvalue weighted by molar-refractivity contribution is 6.03. The van der Waals surface area contributed by atoms with E-state index in [1.807, 2.05) is 25.1 Å². The van der Waals surface area contributed by atoms with Gasteiger partial charge in [-0.3, -0.25) is 4.79 Å². The predicted molar refractivity (Wildman–Crippen MR) is 91.0 cm³/mol. The van der Waals surface area contributed by atoms with Gasteiger partial charge in [-0.25, -0.2) is 9.97 Å². The first-order chi connectivity index (χ1) is 11.0. The zero-order chi connectivity index (χ0) is 16.8. The number of ether oxygens (including phenoxy) is 1. The summed E-state index contributed by atoms with van der Waals surface area (Å²) in [5.74, 6) is 1.45. The van der Waals surface area contributed by atoms with Crippen LogP contribution in [-0.4, -0.2) is 29.5 Å². The van der Waals surface area contributed by atoms with E-state index in [4.69, 9.17) is 4.74 Å². The van der Waals surface area contributed by atoms with E-state index < -0.39 is 0 Å². The third kappa shape index (κ3) is 4.67. The highest BCUT2D eigenvalue weighted by atomic mass is 16.5. The van der Waals surface area contributed by atoms with Gasteiger partial charge in [0.1, 0.15) is 17.3 Å². The van der Waals surface area contributed by atoms with Gasteiger partial charge in [-0.15, -0.1) is 0 Å². The smallest absolute Gasteiger partial charge is 0.275 e. The highest BCUT2D eigenvalue weighted by Gasteiger charge is 2.12. The maximum atomic E-state index is 12.3. The number of nitrogens with one attached hydrogen (secondary N) is 2. The molecule has 0 fully saturated rings. The van der Waals surface area contributed by atoms with E-state index in [2.05, 4.69) is 34.4 Å². The number of nitrogens with zero attached hydrogens (tertiary/aromatic N) is 2. The lowest BCUT2D eigenvalue weighted by Crippen LogP contribution is -2.16. The average Bonchev–Trinajstić information content (AvgIpc) is 2.53. The number of carbonyl (C=O) groups excluding carboxylic acids is 1. The predicted octanol–water partition coefficient (Wildman–Crippen LogP) is 3.11. The van der Waals surface area contributed by atoms with E-state index in [1.165, 1.54) is 6.20 Å². The van der Waals surface area contributed by atoms with E-state index in [9.17, 15) is 4.79 Å². The normalized spacial score (nSPS) is 10.5. The summed E-state index contributed by atoms with van der Waals surface area (Å²) in [4.78, 5) is 20.6. The average molecular weight is 314 g/mol. The second-order valence-electron chi connectivity index (χ2n) is 5.72. The quantitative estimate of drug-likeness (QED) is 0.857. The molecule has 0 unspecified atom stereocenters. The summed E-state index contributed by atoms with van der Waals surface area (Å²) >= 11 is 0. The molecule has 6 nitrogen and oxygen atoms in total.